The molecule has 6 amide bonds. The molecule has 0 atom stereocenters. The molecule has 320 valence electrons. The van der Waals surface area contributed by atoms with E-state index in [9.17, 15) is 46.3 Å². The smallest absolute Gasteiger partial charge is 0.325 e. The van der Waals surface area contributed by atoms with Crippen molar-refractivity contribution in [1.82, 2.24) is 30.4 Å². The molecule has 8 rings (SSSR count). The molecule has 0 unspecified atom stereocenters. The SMILES string of the molecule is O=C(CN1C(=O)NC2(CCC(F)(F)CC2)C1=O)c1ccc(Br)cc1.O=C(CN1C(=O)NC2(CCC(F)(F)CC2)C1=O)c1ccc(Oc2cccnc2)cc1.Oc1cccnc1. The second-order valence-electron chi connectivity index (χ2n) is 14.9. The van der Waals surface area contributed by atoms with Crippen LogP contribution < -0.4 is 15.4 Å². The van der Waals surface area contributed by atoms with Gasteiger partial charge in [0, 0.05) is 53.7 Å². The fourth-order valence-electron chi connectivity index (χ4n) is 7.11. The number of alkyl halides is 4. The normalized spacial score (nSPS) is 19.2. The van der Waals surface area contributed by atoms with Crippen molar-refractivity contribution in [3.8, 4) is 17.2 Å². The number of pyridine rings is 2. The number of ether oxygens (including phenoxy) is 1. The number of hydrogen-bond acceptors (Lipinski definition) is 10. The summed E-state index contributed by atoms with van der Waals surface area (Å²) >= 11 is 3.26. The molecule has 2 aliphatic heterocycles. The Kier molecular flexibility index (Phi) is 13.2. The van der Waals surface area contributed by atoms with Crippen LogP contribution in [0.4, 0.5) is 27.2 Å². The number of carbonyl (C=O) groups is 6. The minimum atomic E-state index is -2.83. The number of hydrogen-bond donors (Lipinski definition) is 3. The largest absolute Gasteiger partial charge is 0.506 e. The lowest BCUT2D eigenvalue weighted by Gasteiger charge is -2.34. The Morgan fingerprint density at radius 1 is 0.623 bits per heavy atom. The maximum absolute atomic E-state index is 13.5. The van der Waals surface area contributed by atoms with Crippen molar-refractivity contribution < 1.29 is 56.2 Å². The number of rotatable bonds is 8. The van der Waals surface area contributed by atoms with E-state index in [-0.39, 0.29) is 37.2 Å². The third-order valence-corrected chi connectivity index (χ3v) is 11.2. The predicted octanol–water partition coefficient (Wildman–Crippen LogP) is 7.48. The zero-order valence-electron chi connectivity index (χ0n) is 32.3. The van der Waals surface area contributed by atoms with Gasteiger partial charge in [0.25, 0.3) is 11.8 Å². The molecule has 2 saturated heterocycles. The number of carbonyl (C=O) groups excluding carboxylic acids is 6. The van der Waals surface area contributed by atoms with E-state index >= 15 is 0 Å². The Bertz CT molecular complexity index is 2250. The van der Waals surface area contributed by atoms with Gasteiger partial charge in [0.2, 0.25) is 11.8 Å². The summed E-state index contributed by atoms with van der Waals surface area (Å²) < 4.78 is 60.0. The number of Topliss-reactive ketones (excluding diaryl/α,β-unsaturated/α-hetero) is 2. The maximum atomic E-state index is 13.5. The van der Waals surface area contributed by atoms with Crippen molar-refractivity contribution in [1.29, 1.82) is 0 Å². The van der Waals surface area contributed by atoms with E-state index in [1.54, 1.807) is 79.3 Å². The molecular formula is C42H39BrF4N6O8. The van der Waals surface area contributed by atoms with Gasteiger partial charge in [0.15, 0.2) is 11.6 Å². The number of nitrogens with zero attached hydrogens (tertiary/aromatic N) is 4. The highest BCUT2D eigenvalue weighted by atomic mass is 79.9. The quantitative estimate of drug-likeness (QED) is 0.0909. The predicted molar refractivity (Wildman–Crippen MR) is 212 cm³/mol. The topological polar surface area (TPSA) is 188 Å². The van der Waals surface area contributed by atoms with Crippen molar-refractivity contribution in [2.24, 2.45) is 0 Å². The van der Waals surface area contributed by atoms with E-state index in [0.717, 1.165) is 14.3 Å². The third kappa shape index (κ3) is 10.7. The molecule has 2 saturated carbocycles. The van der Waals surface area contributed by atoms with Gasteiger partial charge in [-0.2, -0.15) is 0 Å². The lowest BCUT2D eigenvalue weighted by molar-refractivity contribution is -0.136. The van der Waals surface area contributed by atoms with Gasteiger partial charge in [0.1, 0.15) is 28.3 Å². The van der Waals surface area contributed by atoms with Crippen molar-refractivity contribution in [2.75, 3.05) is 13.1 Å². The molecule has 3 N–H and O–H groups in total. The molecular weight excluding hydrogens is 872 g/mol. The van der Waals surface area contributed by atoms with Gasteiger partial charge in [0.05, 0.1) is 25.5 Å². The number of aromatic hydroxyl groups is 1. The van der Waals surface area contributed by atoms with E-state index in [4.69, 9.17) is 9.84 Å². The molecule has 2 spiro atoms. The average molecular weight is 912 g/mol. The van der Waals surface area contributed by atoms with E-state index in [1.165, 1.54) is 18.3 Å². The maximum Gasteiger partial charge on any atom is 0.325 e. The van der Waals surface area contributed by atoms with Gasteiger partial charge >= 0.3 is 12.1 Å². The summed E-state index contributed by atoms with van der Waals surface area (Å²) in [6.45, 7) is -0.851. The van der Waals surface area contributed by atoms with Crippen molar-refractivity contribution in [2.45, 2.75) is 74.3 Å². The number of ketones is 2. The molecule has 2 aliphatic carbocycles. The lowest BCUT2D eigenvalue weighted by atomic mass is 9.80. The lowest BCUT2D eigenvalue weighted by Crippen LogP contribution is -2.51. The van der Waals surface area contributed by atoms with Crippen LogP contribution in [0.1, 0.15) is 72.1 Å². The van der Waals surface area contributed by atoms with Crippen LogP contribution in [0.15, 0.2) is 102 Å². The van der Waals surface area contributed by atoms with Gasteiger partial charge in [-0.05, 0) is 86.3 Å². The van der Waals surface area contributed by atoms with Crippen molar-refractivity contribution in [3.63, 3.8) is 0 Å². The summed E-state index contributed by atoms with van der Waals surface area (Å²) in [7, 11) is 0. The second-order valence-corrected chi connectivity index (χ2v) is 15.8. The monoisotopic (exact) mass is 910 g/mol. The van der Waals surface area contributed by atoms with Crippen LogP contribution in [-0.2, 0) is 9.59 Å². The zero-order valence-corrected chi connectivity index (χ0v) is 33.9. The zero-order chi connectivity index (χ0) is 44.0. The summed E-state index contributed by atoms with van der Waals surface area (Å²) in [5.74, 6) is -6.43. The number of urea groups is 2. The summed E-state index contributed by atoms with van der Waals surface area (Å²) in [6.07, 6.45) is 3.80. The standard InChI is InChI=1S/C21H19F2N3O4.C16H15BrF2N2O3.C5H5NO/c22-21(23)9-7-20(8-10-21)18(28)26(19(29)25-20)13-17(27)14-3-5-15(6-4-14)30-16-2-1-11-24-12-16;17-11-3-1-10(2-4-11)12(22)9-21-13(23)15(20-14(21)24)5-7-16(18,19)8-6-15;7-5-2-1-3-6-4-5/h1-6,11-12H,7-10,13H2,(H,25,29);1-4H,5-9H2,(H,20,24);1-4,7H. The van der Waals surface area contributed by atoms with Gasteiger partial charge in [-0.15, -0.1) is 0 Å². The average Bonchev–Trinajstić information content (AvgIpc) is 3.61. The molecule has 4 heterocycles. The molecule has 4 fully saturated rings. The van der Waals surface area contributed by atoms with Gasteiger partial charge in [-0.1, -0.05) is 28.1 Å². The van der Waals surface area contributed by atoms with Crippen LogP contribution in [0.5, 0.6) is 17.2 Å². The van der Waals surface area contributed by atoms with Crippen LogP contribution in [0, 0.1) is 0 Å². The van der Waals surface area contributed by atoms with Crippen LogP contribution in [-0.4, -0.2) is 96.3 Å². The molecule has 2 aromatic heterocycles. The van der Waals surface area contributed by atoms with Crippen LogP contribution in [0.25, 0.3) is 0 Å². The van der Waals surface area contributed by atoms with Crippen LogP contribution in [0.2, 0.25) is 0 Å². The molecule has 61 heavy (non-hydrogen) atoms. The van der Waals surface area contributed by atoms with Gasteiger partial charge in [-0.3, -0.25) is 38.9 Å². The fourth-order valence-corrected chi connectivity index (χ4v) is 7.38. The molecule has 14 nitrogen and oxygen atoms in total. The van der Waals surface area contributed by atoms with Crippen LogP contribution in [0.3, 0.4) is 0 Å². The molecule has 4 aromatic rings. The second kappa shape index (κ2) is 18.2. The van der Waals surface area contributed by atoms with Crippen molar-refractivity contribution in [3.05, 3.63) is 113 Å². The number of nitrogens with one attached hydrogen (secondary N) is 2. The van der Waals surface area contributed by atoms with Gasteiger partial charge in [-0.25, -0.2) is 27.2 Å². The number of aromatic nitrogens is 2. The number of amides is 6. The summed E-state index contributed by atoms with van der Waals surface area (Å²) in [6, 6.07) is 18.1. The number of imide groups is 2. The third-order valence-electron chi connectivity index (χ3n) is 10.6. The minimum Gasteiger partial charge on any atom is -0.506 e. The van der Waals surface area contributed by atoms with Crippen LogP contribution >= 0.6 is 15.9 Å². The first-order valence-corrected chi connectivity index (χ1v) is 19.8. The minimum absolute atomic E-state index is 0.118. The first kappa shape index (κ1) is 44.3. The molecule has 2 aromatic carbocycles. The Labute approximate surface area is 354 Å². The van der Waals surface area contributed by atoms with E-state index in [2.05, 4.69) is 36.5 Å². The Morgan fingerprint density at radius 2 is 1.05 bits per heavy atom. The highest BCUT2D eigenvalue weighted by Gasteiger charge is 2.57. The highest BCUT2D eigenvalue weighted by Crippen LogP contribution is 2.42. The fraction of sp³-hybridized carbons (Fsp3) is 0.333. The van der Waals surface area contributed by atoms with E-state index in [1.807, 2.05) is 0 Å². The van der Waals surface area contributed by atoms with E-state index in [0.29, 0.717) is 22.6 Å². The first-order valence-electron chi connectivity index (χ1n) is 19.0. The number of benzene rings is 2. The van der Waals surface area contributed by atoms with Gasteiger partial charge < -0.3 is 20.5 Å². The number of halogens is 5. The summed E-state index contributed by atoms with van der Waals surface area (Å²) in [5.41, 5.74) is -1.96. The first-order chi connectivity index (χ1) is 28.9. The highest BCUT2D eigenvalue weighted by molar-refractivity contribution is 9.10. The Hall–Kier alpha value is -6.24. The summed E-state index contributed by atoms with van der Waals surface area (Å²) in [5, 5.41) is 13.6. The van der Waals surface area contributed by atoms with E-state index < -0.39 is 91.4 Å². The van der Waals surface area contributed by atoms with Crippen molar-refractivity contribution >= 4 is 51.4 Å². The Morgan fingerprint density at radius 3 is 1.43 bits per heavy atom. The molecule has 0 bridgehead atoms. The summed E-state index contributed by atoms with van der Waals surface area (Å²) in [4.78, 5) is 83.7. The molecule has 4 aliphatic rings. The Balaban J connectivity index is 0.000000179. The molecule has 0 radical (unpaired) electrons. The molecule has 19 heteroatoms.